The van der Waals surface area contributed by atoms with Gasteiger partial charge in [0.25, 0.3) is 0 Å². The van der Waals surface area contributed by atoms with Crippen LogP contribution in [0.2, 0.25) is 0 Å². The van der Waals surface area contributed by atoms with Gasteiger partial charge < -0.3 is 10.2 Å². The van der Waals surface area contributed by atoms with Crippen LogP contribution in [0.15, 0.2) is 42.5 Å². The van der Waals surface area contributed by atoms with Crippen LogP contribution in [0.4, 0.5) is 10.1 Å². The van der Waals surface area contributed by atoms with E-state index in [0.29, 0.717) is 38.3 Å². The van der Waals surface area contributed by atoms with Crippen LogP contribution in [0.25, 0.3) is 0 Å². The first-order valence-corrected chi connectivity index (χ1v) is 10.0. The highest BCUT2D eigenvalue weighted by Crippen LogP contribution is 2.14. The lowest BCUT2D eigenvalue weighted by Crippen LogP contribution is -2.50. The molecule has 29 heavy (non-hydrogen) atoms. The summed E-state index contributed by atoms with van der Waals surface area (Å²) >= 11 is 0. The number of benzene rings is 2. The van der Waals surface area contributed by atoms with Crippen molar-refractivity contribution in [2.75, 3.05) is 38.0 Å². The summed E-state index contributed by atoms with van der Waals surface area (Å²) < 4.78 is 12.9. The molecule has 2 aromatic carbocycles. The van der Waals surface area contributed by atoms with Crippen molar-refractivity contribution in [3.8, 4) is 0 Å². The van der Waals surface area contributed by atoms with Crippen molar-refractivity contribution in [2.24, 2.45) is 0 Å². The lowest BCUT2D eigenvalue weighted by molar-refractivity contribution is -0.133. The SMILES string of the molecule is Cc1ccc(CCC(=O)N2CCN(CC(=O)Nc3ccc(F)cc3)CC2)c(C)c1. The first kappa shape index (κ1) is 21.0. The lowest BCUT2D eigenvalue weighted by Gasteiger charge is -2.34. The molecule has 2 amide bonds. The largest absolute Gasteiger partial charge is 0.340 e. The van der Waals surface area contributed by atoms with Crippen LogP contribution in [0.1, 0.15) is 23.1 Å². The summed E-state index contributed by atoms with van der Waals surface area (Å²) in [6.45, 7) is 7.04. The summed E-state index contributed by atoms with van der Waals surface area (Å²) in [5, 5.41) is 2.77. The highest BCUT2D eigenvalue weighted by atomic mass is 19.1. The number of carbonyl (C=O) groups excluding carboxylic acids is 2. The Morgan fingerprint density at radius 2 is 1.69 bits per heavy atom. The molecule has 1 saturated heterocycles. The van der Waals surface area contributed by atoms with Crippen LogP contribution in [0, 0.1) is 19.7 Å². The van der Waals surface area contributed by atoms with Gasteiger partial charge in [-0.3, -0.25) is 14.5 Å². The Labute approximate surface area is 171 Å². The van der Waals surface area contributed by atoms with Crippen molar-refractivity contribution >= 4 is 17.5 Å². The molecule has 3 rings (SSSR count). The first-order valence-electron chi connectivity index (χ1n) is 10.0. The average Bonchev–Trinajstić information content (AvgIpc) is 2.69. The third-order valence-corrected chi connectivity index (χ3v) is 5.33. The Bertz CT molecular complexity index is 859. The molecule has 0 radical (unpaired) electrons. The number of amides is 2. The maximum absolute atomic E-state index is 12.9. The fourth-order valence-corrected chi connectivity index (χ4v) is 3.62. The van der Waals surface area contributed by atoms with Crippen molar-refractivity contribution in [1.82, 2.24) is 9.80 Å². The van der Waals surface area contributed by atoms with E-state index in [9.17, 15) is 14.0 Å². The van der Waals surface area contributed by atoms with Crippen LogP contribution in [0.5, 0.6) is 0 Å². The smallest absolute Gasteiger partial charge is 0.238 e. The van der Waals surface area contributed by atoms with Gasteiger partial charge in [-0.1, -0.05) is 23.8 Å². The summed E-state index contributed by atoms with van der Waals surface area (Å²) in [7, 11) is 0. The van der Waals surface area contributed by atoms with E-state index in [1.807, 2.05) is 9.80 Å². The third-order valence-electron chi connectivity index (χ3n) is 5.33. The fraction of sp³-hybridized carbons (Fsp3) is 0.391. The van der Waals surface area contributed by atoms with Gasteiger partial charge in [0, 0.05) is 38.3 Å². The summed E-state index contributed by atoms with van der Waals surface area (Å²) in [4.78, 5) is 28.6. The molecule has 5 nitrogen and oxygen atoms in total. The van der Waals surface area contributed by atoms with Crippen molar-refractivity contribution < 1.29 is 14.0 Å². The van der Waals surface area contributed by atoms with E-state index in [2.05, 4.69) is 37.4 Å². The molecular formula is C23H28FN3O2. The minimum absolute atomic E-state index is 0.133. The van der Waals surface area contributed by atoms with Crippen LogP contribution < -0.4 is 5.32 Å². The van der Waals surface area contributed by atoms with E-state index < -0.39 is 0 Å². The maximum atomic E-state index is 12.9. The molecule has 1 heterocycles. The van der Waals surface area contributed by atoms with Gasteiger partial charge in [-0.15, -0.1) is 0 Å². The Balaban J connectivity index is 1.40. The number of nitrogens with zero attached hydrogens (tertiary/aromatic N) is 2. The lowest BCUT2D eigenvalue weighted by atomic mass is 10.0. The predicted molar refractivity (Wildman–Crippen MR) is 112 cm³/mol. The number of halogens is 1. The number of piperazine rings is 1. The molecular weight excluding hydrogens is 369 g/mol. The van der Waals surface area contributed by atoms with E-state index in [4.69, 9.17) is 0 Å². The zero-order valence-corrected chi connectivity index (χ0v) is 17.1. The first-order chi connectivity index (χ1) is 13.9. The van der Waals surface area contributed by atoms with Gasteiger partial charge in [0.05, 0.1) is 6.54 Å². The van der Waals surface area contributed by atoms with Crippen LogP contribution in [-0.2, 0) is 16.0 Å². The quantitative estimate of drug-likeness (QED) is 0.815. The standard InChI is InChI=1S/C23H28FN3O2/c1-17-3-4-19(18(2)15-17)5-10-23(29)27-13-11-26(12-14-27)16-22(28)25-21-8-6-20(24)7-9-21/h3-4,6-9,15H,5,10-14,16H2,1-2H3,(H,25,28). The van der Waals surface area contributed by atoms with Crippen LogP contribution in [0.3, 0.4) is 0 Å². The van der Waals surface area contributed by atoms with Gasteiger partial charge in [0.15, 0.2) is 0 Å². The van der Waals surface area contributed by atoms with Crippen LogP contribution in [-0.4, -0.2) is 54.3 Å². The molecule has 0 unspecified atom stereocenters. The molecule has 0 bridgehead atoms. The topological polar surface area (TPSA) is 52.7 Å². The molecule has 2 aromatic rings. The number of carbonyl (C=O) groups is 2. The third kappa shape index (κ3) is 6.12. The molecule has 0 aliphatic carbocycles. The van der Waals surface area contributed by atoms with Crippen molar-refractivity contribution in [2.45, 2.75) is 26.7 Å². The number of hydrogen-bond acceptors (Lipinski definition) is 3. The monoisotopic (exact) mass is 397 g/mol. The van der Waals surface area contributed by atoms with E-state index >= 15 is 0 Å². The van der Waals surface area contributed by atoms with Gasteiger partial charge in [0.2, 0.25) is 11.8 Å². The van der Waals surface area contributed by atoms with Gasteiger partial charge in [-0.25, -0.2) is 4.39 Å². The van der Waals surface area contributed by atoms with Crippen LogP contribution >= 0.6 is 0 Å². The number of anilines is 1. The second kappa shape index (κ2) is 9.65. The molecule has 6 heteroatoms. The average molecular weight is 397 g/mol. The molecule has 0 aromatic heterocycles. The molecule has 0 spiro atoms. The van der Waals surface area contributed by atoms with Gasteiger partial charge in [-0.2, -0.15) is 0 Å². The second-order valence-corrected chi connectivity index (χ2v) is 7.64. The van der Waals surface area contributed by atoms with Gasteiger partial charge in [0.1, 0.15) is 5.82 Å². The van der Waals surface area contributed by atoms with Gasteiger partial charge >= 0.3 is 0 Å². The van der Waals surface area contributed by atoms with Crippen molar-refractivity contribution in [3.63, 3.8) is 0 Å². The number of nitrogens with one attached hydrogen (secondary N) is 1. The Hall–Kier alpha value is -2.73. The van der Waals surface area contributed by atoms with E-state index in [1.165, 1.54) is 28.8 Å². The highest BCUT2D eigenvalue weighted by molar-refractivity contribution is 5.92. The summed E-state index contributed by atoms with van der Waals surface area (Å²) in [5.41, 5.74) is 4.27. The van der Waals surface area contributed by atoms with Crippen molar-refractivity contribution in [1.29, 1.82) is 0 Å². The molecule has 1 aliphatic rings. The minimum atomic E-state index is -0.332. The van der Waals surface area contributed by atoms with E-state index in [1.54, 1.807) is 12.1 Å². The molecule has 1 N–H and O–H groups in total. The summed E-state index contributed by atoms with van der Waals surface area (Å²) in [5.74, 6) is -0.298. The Morgan fingerprint density at radius 1 is 1.00 bits per heavy atom. The Morgan fingerprint density at radius 3 is 2.34 bits per heavy atom. The van der Waals surface area contributed by atoms with E-state index in [0.717, 1.165) is 6.42 Å². The molecule has 1 fully saturated rings. The van der Waals surface area contributed by atoms with Gasteiger partial charge in [-0.05, 0) is 55.7 Å². The van der Waals surface area contributed by atoms with E-state index in [-0.39, 0.29) is 24.2 Å². The minimum Gasteiger partial charge on any atom is -0.340 e. The fourth-order valence-electron chi connectivity index (χ4n) is 3.62. The Kier molecular flexibility index (Phi) is 6.99. The number of rotatable bonds is 6. The summed E-state index contributed by atoms with van der Waals surface area (Å²) in [6.07, 6.45) is 1.26. The number of aryl methyl sites for hydroxylation is 3. The zero-order valence-electron chi connectivity index (χ0n) is 17.1. The summed E-state index contributed by atoms with van der Waals surface area (Å²) in [6, 6.07) is 12.1. The number of hydrogen-bond donors (Lipinski definition) is 1. The van der Waals surface area contributed by atoms with Crippen molar-refractivity contribution in [3.05, 3.63) is 65.0 Å². The maximum Gasteiger partial charge on any atom is 0.238 e. The predicted octanol–water partition coefficient (Wildman–Crippen LogP) is 3.16. The molecule has 1 aliphatic heterocycles. The second-order valence-electron chi connectivity index (χ2n) is 7.64. The normalized spacial score (nSPS) is 14.7. The molecule has 154 valence electrons. The molecule has 0 saturated carbocycles. The highest BCUT2D eigenvalue weighted by Gasteiger charge is 2.22. The zero-order chi connectivity index (χ0) is 20.8. The molecule has 0 atom stereocenters.